The van der Waals surface area contributed by atoms with Crippen LogP contribution in [0.1, 0.15) is 37.0 Å². The first-order valence-electron chi connectivity index (χ1n) is 9.77. The number of hydrogen-bond donors (Lipinski definition) is 0. The van der Waals surface area contributed by atoms with Crippen molar-refractivity contribution in [3.63, 3.8) is 0 Å². The molecular weight excluding hydrogens is 392 g/mol. The van der Waals surface area contributed by atoms with Crippen molar-refractivity contribution in [3.05, 3.63) is 48.4 Å². The summed E-state index contributed by atoms with van der Waals surface area (Å²) < 4.78 is 32.4. The lowest BCUT2D eigenvalue weighted by molar-refractivity contribution is 0.0527. The quantitative estimate of drug-likeness (QED) is 0.684. The van der Waals surface area contributed by atoms with Crippen LogP contribution in [0.2, 0.25) is 0 Å². The van der Waals surface area contributed by atoms with Crippen LogP contribution in [0, 0.1) is 0 Å². The molecule has 0 saturated carbocycles. The first kappa shape index (κ1) is 21.2. The van der Waals surface area contributed by atoms with Gasteiger partial charge in [0.25, 0.3) is 5.91 Å². The maximum absolute atomic E-state index is 12.9. The Morgan fingerprint density at radius 2 is 1.93 bits per heavy atom. The summed E-state index contributed by atoms with van der Waals surface area (Å²) in [6.07, 6.45) is 4.58. The van der Waals surface area contributed by atoms with Crippen LogP contribution in [-0.2, 0) is 10.0 Å². The maximum atomic E-state index is 12.9. The Balaban J connectivity index is 1.68. The van der Waals surface area contributed by atoms with Gasteiger partial charge < -0.3 is 9.64 Å². The largest absolute Gasteiger partial charge is 0.472 e. The standard InChI is InChI=1S/C20H26N4O4S/c1-3-24(4-2)29(26,27)18-9-7-16(8-10-18)20(25)23-13-5-6-17(14-23)28-19-11-12-21-15-22-19/h7-12,15,17H,3-6,13-14H2,1-2H3. The normalized spacial score (nSPS) is 17.3. The highest BCUT2D eigenvalue weighted by Crippen LogP contribution is 2.20. The van der Waals surface area contributed by atoms with Crippen molar-refractivity contribution >= 4 is 15.9 Å². The van der Waals surface area contributed by atoms with E-state index in [2.05, 4.69) is 9.97 Å². The summed E-state index contributed by atoms with van der Waals surface area (Å²) in [6.45, 7) is 5.51. The van der Waals surface area contributed by atoms with Crippen molar-refractivity contribution in [1.29, 1.82) is 0 Å². The number of benzene rings is 1. The second-order valence-electron chi connectivity index (χ2n) is 6.79. The summed E-state index contributed by atoms with van der Waals surface area (Å²) in [4.78, 5) is 22.8. The van der Waals surface area contributed by atoms with Crippen LogP contribution in [-0.4, -0.2) is 65.8 Å². The van der Waals surface area contributed by atoms with Gasteiger partial charge in [0, 0.05) is 37.5 Å². The fraction of sp³-hybridized carbons (Fsp3) is 0.450. The fourth-order valence-corrected chi connectivity index (χ4v) is 4.86. The minimum absolute atomic E-state index is 0.132. The number of carbonyl (C=O) groups is 1. The Hall–Kier alpha value is -2.52. The molecule has 156 valence electrons. The number of sulfonamides is 1. The van der Waals surface area contributed by atoms with E-state index in [1.54, 1.807) is 43.1 Å². The predicted octanol–water partition coefficient (Wildman–Crippen LogP) is 2.19. The van der Waals surface area contributed by atoms with Crippen LogP contribution in [0.3, 0.4) is 0 Å². The fourth-order valence-electron chi connectivity index (χ4n) is 3.40. The summed E-state index contributed by atoms with van der Waals surface area (Å²) in [5, 5.41) is 0. The Morgan fingerprint density at radius 3 is 2.55 bits per heavy atom. The second kappa shape index (κ2) is 9.32. The van der Waals surface area contributed by atoms with E-state index < -0.39 is 10.0 Å². The SMILES string of the molecule is CCN(CC)S(=O)(=O)c1ccc(C(=O)N2CCCC(Oc3ccncn3)C2)cc1. The Morgan fingerprint density at radius 1 is 1.21 bits per heavy atom. The molecule has 0 spiro atoms. The molecule has 1 aromatic heterocycles. The smallest absolute Gasteiger partial charge is 0.253 e. The molecule has 1 unspecified atom stereocenters. The second-order valence-corrected chi connectivity index (χ2v) is 8.73. The van der Waals surface area contributed by atoms with E-state index in [0.717, 1.165) is 12.8 Å². The Labute approximate surface area is 171 Å². The number of likely N-dealkylation sites (tertiary alicyclic amines) is 1. The van der Waals surface area contributed by atoms with Crippen LogP contribution >= 0.6 is 0 Å². The van der Waals surface area contributed by atoms with Crippen molar-refractivity contribution in [2.24, 2.45) is 0 Å². The third-order valence-electron chi connectivity index (χ3n) is 4.95. The average Bonchev–Trinajstić information content (AvgIpc) is 2.75. The van der Waals surface area contributed by atoms with E-state index in [0.29, 0.717) is 37.6 Å². The first-order chi connectivity index (χ1) is 14.0. The van der Waals surface area contributed by atoms with Gasteiger partial charge in [-0.05, 0) is 37.1 Å². The van der Waals surface area contributed by atoms with Gasteiger partial charge in [-0.25, -0.2) is 18.4 Å². The number of piperidine rings is 1. The predicted molar refractivity (Wildman–Crippen MR) is 108 cm³/mol. The molecule has 1 atom stereocenters. The lowest BCUT2D eigenvalue weighted by Crippen LogP contribution is -2.44. The van der Waals surface area contributed by atoms with Gasteiger partial charge in [0.15, 0.2) is 0 Å². The van der Waals surface area contributed by atoms with Crippen molar-refractivity contribution < 1.29 is 17.9 Å². The monoisotopic (exact) mass is 418 g/mol. The molecule has 1 aliphatic rings. The molecule has 2 aromatic rings. The molecule has 1 aliphatic heterocycles. The number of carbonyl (C=O) groups excluding carboxylic acids is 1. The summed E-state index contributed by atoms with van der Waals surface area (Å²) in [5.41, 5.74) is 0.464. The Kier molecular flexibility index (Phi) is 6.81. The zero-order valence-electron chi connectivity index (χ0n) is 16.7. The highest BCUT2D eigenvalue weighted by atomic mass is 32.2. The Bertz CT molecular complexity index is 915. The van der Waals surface area contributed by atoms with E-state index in [1.165, 1.54) is 22.8 Å². The number of hydrogen-bond acceptors (Lipinski definition) is 6. The zero-order chi connectivity index (χ0) is 20.9. The molecule has 0 aliphatic carbocycles. The van der Waals surface area contributed by atoms with Crippen molar-refractivity contribution in [2.45, 2.75) is 37.7 Å². The number of amides is 1. The third kappa shape index (κ3) is 4.91. The molecule has 1 fully saturated rings. The zero-order valence-corrected chi connectivity index (χ0v) is 17.5. The summed E-state index contributed by atoms with van der Waals surface area (Å²) in [7, 11) is -3.54. The van der Waals surface area contributed by atoms with E-state index in [-0.39, 0.29) is 16.9 Å². The van der Waals surface area contributed by atoms with Crippen molar-refractivity contribution in [3.8, 4) is 5.88 Å². The van der Waals surface area contributed by atoms with Crippen molar-refractivity contribution in [2.75, 3.05) is 26.2 Å². The van der Waals surface area contributed by atoms with E-state index in [1.807, 2.05) is 0 Å². The average molecular weight is 419 g/mol. The topological polar surface area (TPSA) is 92.7 Å². The molecule has 1 saturated heterocycles. The molecule has 1 aromatic carbocycles. The van der Waals surface area contributed by atoms with Crippen LogP contribution < -0.4 is 4.74 Å². The molecule has 1 amide bonds. The number of aromatic nitrogens is 2. The van der Waals surface area contributed by atoms with Gasteiger partial charge in [-0.2, -0.15) is 4.31 Å². The third-order valence-corrected chi connectivity index (χ3v) is 7.02. The number of nitrogens with zero attached hydrogens (tertiary/aromatic N) is 4. The summed E-state index contributed by atoms with van der Waals surface area (Å²) in [5.74, 6) is 0.359. The number of rotatable bonds is 7. The van der Waals surface area contributed by atoms with E-state index in [9.17, 15) is 13.2 Å². The molecular formula is C20H26N4O4S. The molecule has 8 nitrogen and oxygen atoms in total. The maximum Gasteiger partial charge on any atom is 0.253 e. The van der Waals surface area contributed by atoms with Crippen molar-refractivity contribution in [1.82, 2.24) is 19.2 Å². The lowest BCUT2D eigenvalue weighted by Gasteiger charge is -2.32. The minimum atomic E-state index is -3.54. The molecule has 9 heteroatoms. The molecule has 3 rings (SSSR count). The molecule has 29 heavy (non-hydrogen) atoms. The van der Waals surface area contributed by atoms with Crippen LogP contribution in [0.25, 0.3) is 0 Å². The lowest BCUT2D eigenvalue weighted by atomic mass is 10.1. The van der Waals surface area contributed by atoms with Gasteiger partial charge in [-0.1, -0.05) is 13.8 Å². The van der Waals surface area contributed by atoms with Crippen LogP contribution in [0.15, 0.2) is 47.8 Å². The molecule has 0 N–H and O–H groups in total. The minimum Gasteiger partial charge on any atom is -0.472 e. The highest BCUT2D eigenvalue weighted by Gasteiger charge is 2.27. The molecule has 2 heterocycles. The van der Waals surface area contributed by atoms with Gasteiger partial charge >= 0.3 is 0 Å². The van der Waals surface area contributed by atoms with Crippen LogP contribution in [0.5, 0.6) is 5.88 Å². The summed E-state index contributed by atoms with van der Waals surface area (Å²) >= 11 is 0. The van der Waals surface area contributed by atoms with E-state index in [4.69, 9.17) is 4.74 Å². The van der Waals surface area contributed by atoms with Gasteiger partial charge in [0.2, 0.25) is 15.9 Å². The van der Waals surface area contributed by atoms with Crippen LogP contribution in [0.4, 0.5) is 0 Å². The molecule has 0 bridgehead atoms. The van der Waals surface area contributed by atoms with Gasteiger partial charge in [0.1, 0.15) is 12.4 Å². The van der Waals surface area contributed by atoms with Gasteiger partial charge in [-0.3, -0.25) is 4.79 Å². The number of ether oxygens (including phenoxy) is 1. The van der Waals surface area contributed by atoms with Gasteiger partial charge in [-0.15, -0.1) is 0 Å². The van der Waals surface area contributed by atoms with Gasteiger partial charge in [0.05, 0.1) is 11.4 Å². The summed E-state index contributed by atoms with van der Waals surface area (Å²) in [6, 6.07) is 7.84. The molecule has 0 radical (unpaired) electrons. The van der Waals surface area contributed by atoms with E-state index >= 15 is 0 Å². The highest BCUT2D eigenvalue weighted by molar-refractivity contribution is 7.89. The first-order valence-corrected chi connectivity index (χ1v) is 11.2.